The van der Waals surface area contributed by atoms with Gasteiger partial charge in [-0.15, -0.1) is 11.3 Å². The first-order chi connectivity index (χ1) is 10.0. The van der Waals surface area contributed by atoms with Crippen molar-refractivity contribution in [2.45, 2.75) is 31.8 Å². The number of thiophene rings is 1. The Morgan fingerprint density at radius 3 is 2.52 bits per heavy atom. The molecule has 0 saturated carbocycles. The fourth-order valence-electron chi connectivity index (χ4n) is 1.98. The number of rotatable bonds is 7. The van der Waals surface area contributed by atoms with E-state index in [9.17, 15) is 8.42 Å². The largest absolute Gasteiger partial charge is 0.312 e. The average Bonchev–Trinajstić information content (AvgIpc) is 2.86. The summed E-state index contributed by atoms with van der Waals surface area (Å²) in [5.74, 6) is 0. The zero-order valence-corrected chi connectivity index (χ0v) is 13.9. The molecule has 114 valence electrons. The second-order valence-corrected chi connectivity index (χ2v) is 7.80. The summed E-state index contributed by atoms with van der Waals surface area (Å²) in [5.41, 5.74) is 0.946. The first-order valence-corrected chi connectivity index (χ1v) is 9.16. The van der Waals surface area contributed by atoms with E-state index in [0.29, 0.717) is 18.0 Å². The van der Waals surface area contributed by atoms with Gasteiger partial charge in [0, 0.05) is 22.8 Å². The van der Waals surface area contributed by atoms with Crippen LogP contribution in [0.15, 0.2) is 41.3 Å². The Bertz CT molecular complexity index is 679. The van der Waals surface area contributed by atoms with Gasteiger partial charge in [-0.2, -0.15) is 0 Å². The molecule has 0 unspecified atom stereocenters. The minimum Gasteiger partial charge on any atom is -0.312 e. The number of benzene rings is 1. The molecule has 0 aliphatic rings. The Morgan fingerprint density at radius 2 is 1.86 bits per heavy atom. The van der Waals surface area contributed by atoms with E-state index in [0.717, 1.165) is 21.9 Å². The molecule has 0 radical (unpaired) electrons. The summed E-state index contributed by atoms with van der Waals surface area (Å²) in [6.07, 6.45) is 0. The summed E-state index contributed by atoms with van der Waals surface area (Å²) >= 11 is 1.52. The molecule has 6 heteroatoms. The van der Waals surface area contributed by atoms with Crippen LogP contribution in [0.4, 0.5) is 0 Å². The van der Waals surface area contributed by atoms with Crippen molar-refractivity contribution in [2.24, 2.45) is 0 Å². The van der Waals surface area contributed by atoms with Crippen LogP contribution in [-0.4, -0.2) is 15.0 Å². The van der Waals surface area contributed by atoms with Gasteiger partial charge in [-0.1, -0.05) is 37.3 Å². The third-order valence-electron chi connectivity index (χ3n) is 3.07. The van der Waals surface area contributed by atoms with Crippen molar-refractivity contribution in [3.63, 3.8) is 0 Å². The molecule has 0 aliphatic heterocycles. The minimum absolute atomic E-state index is 0.307. The van der Waals surface area contributed by atoms with Gasteiger partial charge < -0.3 is 5.32 Å². The molecule has 0 fully saturated rings. The monoisotopic (exact) mass is 324 g/mol. The normalized spacial score (nSPS) is 11.7. The molecule has 0 amide bonds. The molecule has 0 saturated heterocycles. The highest BCUT2D eigenvalue weighted by Crippen LogP contribution is 2.25. The second-order valence-electron chi connectivity index (χ2n) is 4.72. The van der Waals surface area contributed by atoms with E-state index < -0.39 is 10.0 Å². The maximum atomic E-state index is 12.4. The van der Waals surface area contributed by atoms with Crippen molar-refractivity contribution in [1.82, 2.24) is 10.0 Å². The lowest BCUT2D eigenvalue weighted by Gasteiger charge is -2.06. The summed E-state index contributed by atoms with van der Waals surface area (Å²) in [7, 11) is -3.46. The molecule has 21 heavy (non-hydrogen) atoms. The van der Waals surface area contributed by atoms with Crippen LogP contribution < -0.4 is 10.0 Å². The topological polar surface area (TPSA) is 58.2 Å². The zero-order chi connectivity index (χ0) is 15.3. The Labute approximate surface area is 130 Å². The van der Waals surface area contributed by atoms with Crippen LogP contribution in [0, 0.1) is 6.92 Å². The van der Waals surface area contributed by atoms with Gasteiger partial charge in [-0.05, 0) is 25.1 Å². The summed E-state index contributed by atoms with van der Waals surface area (Å²) in [6.45, 7) is 5.75. The second kappa shape index (κ2) is 7.17. The van der Waals surface area contributed by atoms with E-state index in [1.165, 1.54) is 11.3 Å². The summed E-state index contributed by atoms with van der Waals surface area (Å²) in [4.78, 5) is 2.24. The van der Waals surface area contributed by atoms with E-state index in [4.69, 9.17) is 0 Å². The van der Waals surface area contributed by atoms with Gasteiger partial charge in [0.25, 0.3) is 0 Å². The van der Waals surface area contributed by atoms with Crippen LogP contribution in [0.25, 0.3) is 0 Å². The predicted molar refractivity (Wildman–Crippen MR) is 86.9 cm³/mol. The van der Waals surface area contributed by atoms with Gasteiger partial charge in [-0.25, -0.2) is 13.1 Å². The molecule has 1 aromatic carbocycles. The lowest BCUT2D eigenvalue weighted by atomic mass is 10.2. The smallest absolute Gasteiger partial charge is 0.241 e. The Morgan fingerprint density at radius 1 is 1.14 bits per heavy atom. The van der Waals surface area contributed by atoms with Crippen LogP contribution in [0.1, 0.15) is 22.2 Å². The molecule has 0 bridgehead atoms. The van der Waals surface area contributed by atoms with E-state index in [1.807, 2.05) is 44.2 Å². The van der Waals surface area contributed by atoms with Crippen molar-refractivity contribution in [1.29, 1.82) is 0 Å². The molecular weight excluding hydrogens is 304 g/mol. The molecule has 0 spiro atoms. The standard InChI is InChI=1S/C15H20N2O2S2/c1-3-16-11-14-9-15(12(2)20-14)21(18,19)17-10-13-7-5-4-6-8-13/h4-9,16-17H,3,10-11H2,1-2H3. The average molecular weight is 324 g/mol. The van der Waals surface area contributed by atoms with Crippen LogP contribution in [0.3, 0.4) is 0 Å². The minimum atomic E-state index is -3.46. The van der Waals surface area contributed by atoms with Crippen LogP contribution in [0.2, 0.25) is 0 Å². The van der Waals surface area contributed by atoms with Crippen molar-refractivity contribution in [2.75, 3.05) is 6.54 Å². The van der Waals surface area contributed by atoms with Crippen molar-refractivity contribution in [3.05, 3.63) is 51.7 Å². The number of aryl methyl sites for hydroxylation is 1. The SMILES string of the molecule is CCNCc1cc(S(=O)(=O)NCc2ccccc2)c(C)s1. The van der Waals surface area contributed by atoms with Gasteiger partial charge in [-0.3, -0.25) is 0 Å². The third kappa shape index (κ3) is 4.38. The molecule has 2 aromatic rings. The first-order valence-electron chi connectivity index (χ1n) is 6.86. The van der Waals surface area contributed by atoms with Crippen LogP contribution in [0.5, 0.6) is 0 Å². The summed E-state index contributed by atoms with van der Waals surface area (Å²) in [5, 5.41) is 3.21. The van der Waals surface area contributed by atoms with E-state index in [2.05, 4.69) is 10.0 Å². The first kappa shape index (κ1) is 16.2. The molecular formula is C15H20N2O2S2. The van der Waals surface area contributed by atoms with Gasteiger partial charge in [0.15, 0.2) is 0 Å². The highest BCUT2D eigenvalue weighted by molar-refractivity contribution is 7.89. The van der Waals surface area contributed by atoms with Gasteiger partial charge in [0.1, 0.15) is 0 Å². The summed E-state index contributed by atoms with van der Waals surface area (Å²) in [6, 6.07) is 11.3. The quantitative estimate of drug-likeness (QED) is 0.823. The lowest BCUT2D eigenvalue weighted by Crippen LogP contribution is -2.23. The fraction of sp³-hybridized carbons (Fsp3) is 0.333. The number of hydrogen-bond acceptors (Lipinski definition) is 4. The maximum absolute atomic E-state index is 12.4. The van der Waals surface area contributed by atoms with Crippen LogP contribution in [-0.2, 0) is 23.1 Å². The number of nitrogens with one attached hydrogen (secondary N) is 2. The lowest BCUT2D eigenvalue weighted by molar-refractivity contribution is 0.581. The van der Waals surface area contributed by atoms with Crippen molar-refractivity contribution >= 4 is 21.4 Å². The highest BCUT2D eigenvalue weighted by atomic mass is 32.2. The molecule has 0 atom stereocenters. The van der Waals surface area contributed by atoms with E-state index in [1.54, 1.807) is 6.07 Å². The number of sulfonamides is 1. The van der Waals surface area contributed by atoms with Crippen molar-refractivity contribution in [3.8, 4) is 0 Å². The highest BCUT2D eigenvalue weighted by Gasteiger charge is 2.19. The maximum Gasteiger partial charge on any atom is 0.241 e. The Balaban J connectivity index is 2.10. The fourth-order valence-corrected chi connectivity index (χ4v) is 4.60. The molecule has 1 heterocycles. The summed E-state index contributed by atoms with van der Waals surface area (Å²) < 4.78 is 27.4. The van der Waals surface area contributed by atoms with Gasteiger partial charge >= 0.3 is 0 Å². The van der Waals surface area contributed by atoms with E-state index >= 15 is 0 Å². The molecule has 2 rings (SSSR count). The molecule has 0 aliphatic carbocycles. The van der Waals surface area contributed by atoms with Crippen LogP contribution >= 0.6 is 11.3 Å². The Kier molecular flexibility index (Phi) is 5.52. The van der Waals surface area contributed by atoms with E-state index in [-0.39, 0.29) is 0 Å². The molecule has 2 N–H and O–H groups in total. The Hall–Kier alpha value is -1.21. The molecule has 1 aromatic heterocycles. The third-order valence-corrected chi connectivity index (χ3v) is 5.78. The van der Waals surface area contributed by atoms with Gasteiger partial charge in [0.2, 0.25) is 10.0 Å². The zero-order valence-electron chi connectivity index (χ0n) is 12.2. The van der Waals surface area contributed by atoms with Crippen molar-refractivity contribution < 1.29 is 8.42 Å². The number of hydrogen-bond donors (Lipinski definition) is 2. The van der Waals surface area contributed by atoms with Gasteiger partial charge in [0.05, 0.1) is 4.90 Å². The molecule has 4 nitrogen and oxygen atoms in total. The predicted octanol–water partition coefficient (Wildman–Crippen LogP) is 2.64.